The lowest BCUT2D eigenvalue weighted by atomic mass is 10.1. The Bertz CT molecular complexity index is 614. The van der Waals surface area contributed by atoms with Crippen molar-refractivity contribution in [3.63, 3.8) is 0 Å². The summed E-state index contributed by atoms with van der Waals surface area (Å²) >= 11 is 0. The zero-order valence-corrected chi connectivity index (χ0v) is 11.1. The van der Waals surface area contributed by atoms with Crippen molar-refractivity contribution < 1.29 is 10.0 Å². The molecule has 2 N–H and O–H groups in total. The molecule has 0 aliphatic carbocycles. The fourth-order valence-corrected chi connectivity index (χ4v) is 1.96. The van der Waals surface area contributed by atoms with Crippen LogP contribution in [0.2, 0.25) is 0 Å². The molecule has 20 heavy (non-hydrogen) atoms. The average Bonchev–Trinajstić information content (AvgIpc) is 2.45. The topological polar surface area (TPSA) is 75.4 Å². The molecular weight excluding hydrogens is 256 g/mol. The quantitative estimate of drug-likeness (QED) is 0.647. The highest BCUT2D eigenvalue weighted by atomic mass is 16.6. The molecule has 1 unspecified atom stereocenters. The Labute approximate surface area is 117 Å². The minimum atomic E-state index is -0.397. The lowest BCUT2D eigenvalue weighted by molar-refractivity contribution is -0.384. The normalized spacial score (nSPS) is 12.1. The van der Waals surface area contributed by atoms with Gasteiger partial charge in [-0.15, -0.1) is 0 Å². The van der Waals surface area contributed by atoms with Crippen LogP contribution in [0.4, 0.5) is 5.69 Å². The average molecular weight is 272 g/mol. The van der Waals surface area contributed by atoms with E-state index in [0.29, 0.717) is 6.54 Å². The van der Waals surface area contributed by atoms with Crippen LogP contribution in [0.5, 0.6) is 5.75 Å². The molecule has 104 valence electrons. The van der Waals surface area contributed by atoms with E-state index in [1.807, 2.05) is 19.1 Å². The van der Waals surface area contributed by atoms with Gasteiger partial charge in [-0.05, 0) is 30.2 Å². The molecule has 0 radical (unpaired) electrons. The molecule has 2 aromatic carbocycles. The van der Waals surface area contributed by atoms with E-state index in [1.165, 1.54) is 6.07 Å². The van der Waals surface area contributed by atoms with E-state index in [9.17, 15) is 15.2 Å². The minimum absolute atomic E-state index is 0.0164. The van der Waals surface area contributed by atoms with E-state index in [2.05, 4.69) is 5.32 Å². The molecule has 0 amide bonds. The number of nitrogens with one attached hydrogen (secondary N) is 1. The predicted octanol–water partition coefficient (Wildman–Crippen LogP) is 3.15. The molecule has 0 bridgehead atoms. The standard InChI is InChI=1S/C15H16N2O3/c1-11(13-5-3-6-14(9-13)17(19)20)16-10-12-4-2-7-15(18)8-12/h2-9,11,16,18H,10H2,1H3. The fraction of sp³-hybridized carbons (Fsp3) is 0.200. The third kappa shape index (κ3) is 3.55. The van der Waals surface area contributed by atoms with Gasteiger partial charge in [-0.2, -0.15) is 0 Å². The van der Waals surface area contributed by atoms with Crippen LogP contribution in [0.15, 0.2) is 48.5 Å². The second-order valence-electron chi connectivity index (χ2n) is 4.62. The van der Waals surface area contributed by atoms with E-state index in [1.54, 1.807) is 30.3 Å². The molecular formula is C15H16N2O3. The summed E-state index contributed by atoms with van der Waals surface area (Å²) in [6, 6.07) is 13.6. The van der Waals surface area contributed by atoms with Crippen LogP contribution in [-0.2, 0) is 6.54 Å². The number of hydrogen-bond acceptors (Lipinski definition) is 4. The smallest absolute Gasteiger partial charge is 0.269 e. The van der Waals surface area contributed by atoms with Crippen molar-refractivity contribution in [2.75, 3.05) is 0 Å². The van der Waals surface area contributed by atoms with Gasteiger partial charge in [0, 0.05) is 24.7 Å². The summed E-state index contributed by atoms with van der Waals surface area (Å²) < 4.78 is 0. The van der Waals surface area contributed by atoms with E-state index in [4.69, 9.17) is 0 Å². The summed E-state index contributed by atoms with van der Waals surface area (Å²) in [4.78, 5) is 10.4. The van der Waals surface area contributed by atoms with Crippen LogP contribution in [0.25, 0.3) is 0 Å². The first-order valence-corrected chi connectivity index (χ1v) is 6.32. The van der Waals surface area contributed by atoms with Crippen molar-refractivity contribution in [3.8, 4) is 5.75 Å². The Kier molecular flexibility index (Phi) is 4.32. The van der Waals surface area contributed by atoms with Gasteiger partial charge < -0.3 is 10.4 Å². The SMILES string of the molecule is CC(NCc1cccc(O)c1)c1cccc([N+](=O)[O-])c1. The lowest BCUT2D eigenvalue weighted by Gasteiger charge is -2.14. The molecule has 0 aromatic heterocycles. The Balaban J connectivity index is 2.03. The molecule has 0 aliphatic heterocycles. The van der Waals surface area contributed by atoms with Gasteiger partial charge in [0.1, 0.15) is 5.75 Å². The van der Waals surface area contributed by atoms with Crippen molar-refractivity contribution in [1.29, 1.82) is 0 Å². The first kappa shape index (κ1) is 14.0. The highest BCUT2D eigenvalue weighted by Crippen LogP contribution is 2.19. The van der Waals surface area contributed by atoms with Gasteiger partial charge in [-0.25, -0.2) is 0 Å². The summed E-state index contributed by atoms with van der Waals surface area (Å²) in [5.41, 5.74) is 1.91. The maximum absolute atomic E-state index is 10.7. The predicted molar refractivity (Wildman–Crippen MR) is 76.5 cm³/mol. The van der Waals surface area contributed by atoms with Crippen molar-refractivity contribution in [1.82, 2.24) is 5.32 Å². The van der Waals surface area contributed by atoms with Crippen molar-refractivity contribution >= 4 is 5.69 Å². The largest absolute Gasteiger partial charge is 0.508 e. The van der Waals surface area contributed by atoms with Gasteiger partial charge in [-0.3, -0.25) is 10.1 Å². The summed E-state index contributed by atoms with van der Waals surface area (Å²) in [5.74, 6) is 0.229. The monoisotopic (exact) mass is 272 g/mol. The summed E-state index contributed by atoms with van der Waals surface area (Å²) in [5, 5.41) is 23.4. The molecule has 0 saturated heterocycles. The number of nitrogens with zero attached hydrogens (tertiary/aromatic N) is 1. The molecule has 5 nitrogen and oxygen atoms in total. The van der Waals surface area contributed by atoms with Gasteiger partial charge in [0.25, 0.3) is 5.69 Å². The molecule has 2 rings (SSSR count). The Morgan fingerprint density at radius 3 is 2.70 bits per heavy atom. The number of phenols is 1. The maximum atomic E-state index is 10.7. The molecule has 0 saturated carbocycles. The number of non-ortho nitro benzene ring substituents is 1. The minimum Gasteiger partial charge on any atom is -0.508 e. The fourth-order valence-electron chi connectivity index (χ4n) is 1.96. The Hall–Kier alpha value is -2.40. The maximum Gasteiger partial charge on any atom is 0.269 e. The highest BCUT2D eigenvalue weighted by molar-refractivity contribution is 5.35. The lowest BCUT2D eigenvalue weighted by Crippen LogP contribution is -2.18. The Morgan fingerprint density at radius 1 is 1.25 bits per heavy atom. The van der Waals surface area contributed by atoms with Gasteiger partial charge in [0.2, 0.25) is 0 Å². The summed E-state index contributed by atoms with van der Waals surface area (Å²) in [6.07, 6.45) is 0. The van der Waals surface area contributed by atoms with Gasteiger partial charge in [0.15, 0.2) is 0 Å². The number of rotatable bonds is 5. The van der Waals surface area contributed by atoms with E-state index >= 15 is 0 Å². The van der Waals surface area contributed by atoms with Crippen molar-refractivity contribution in [2.24, 2.45) is 0 Å². The first-order valence-electron chi connectivity index (χ1n) is 6.32. The first-order chi connectivity index (χ1) is 9.56. The van der Waals surface area contributed by atoms with Gasteiger partial charge in [-0.1, -0.05) is 24.3 Å². The number of phenolic OH excluding ortho intramolecular Hbond substituents is 1. The molecule has 5 heteroatoms. The highest BCUT2D eigenvalue weighted by Gasteiger charge is 2.10. The van der Waals surface area contributed by atoms with Crippen LogP contribution in [-0.4, -0.2) is 10.0 Å². The van der Waals surface area contributed by atoms with Crippen LogP contribution in [0.1, 0.15) is 24.1 Å². The zero-order valence-electron chi connectivity index (χ0n) is 11.1. The van der Waals surface area contributed by atoms with E-state index in [0.717, 1.165) is 11.1 Å². The van der Waals surface area contributed by atoms with E-state index < -0.39 is 4.92 Å². The number of aromatic hydroxyl groups is 1. The number of nitro groups is 1. The number of hydrogen-bond donors (Lipinski definition) is 2. The molecule has 0 spiro atoms. The molecule has 2 aromatic rings. The van der Waals surface area contributed by atoms with Gasteiger partial charge in [0.05, 0.1) is 4.92 Å². The van der Waals surface area contributed by atoms with Crippen LogP contribution >= 0.6 is 0 Å². The molecule has 0 fully saturated rings. The zero-order chi connectivity index (χ0) is 14.5. The van der Waals surface area contributed by atoms with Crippen LogP contribution in [0.3, 0.4) is 0 Å². The third-order valence-corrected chi connectivity index (χ3v) is 3.10. The molecule has 0 heterocycles. The van der Waals surface area contributed by atoms with E-state index in [-0.39, 0.29) is 17.5 Å². The molecule has 1 atom stereocenters. The van der Waals surface area contributed by atoms with Crippen molar-refractivity contribution in [2.45, 2.75) is 19.5 Å². The second kappa shape index (κ2) is 6.16. The van der Waals surface area contributed by atoms with Crippen LogP contribution in [0, 0.1) is 10.1 Å². The number of benzene rings is 2. The number of nitro benzene ring substituents is 1. The molecule has 0 aliphatic rings. The van der Waals surface area contributed by atoms with Gasteiger partial charge >= 0.3 is 0 Å². The van der Waals surface area contributed by atoms with Crippen LogP contribution < -0.4 is 5.32 Å². The third-order valence-electron chi connectivity index (χ3n) is 3.10. The summed E-state index contributed by atoms with van der Waals surface area (Å²) in [7, 11) is 0. The Morgan fingerprint density at radius 2 is 2.00 bits per heavy atom. The van der Waals surface area contributed by atoms with Crippen molar-refractivity contribution in [3.05, 3.63) is 69.8 Å². The summed E-state index contributed by atoms with van der Waals surface area (Å²) in [6.45, 7) is 2.53. The second-order valence-corrected chi connectivity index (χ2v) is 4.62.